The van der Waals surface area contributed by atoms with Crippen LogP contribution < -0.4 is 52.4 Å². The van der Waals surface area contributed by atoms with E-state index in [1.54, 1.807) is 21.1 Å². The number of hydrogen-bond acceptors (Lipinski definition) is 10. The van der Waals surface area contributed by atoms with Crippen LogP contribution in [0, 0.1) is 23.3 Å². The molecule has 0 aliphatic carbocycles. The van der Waals surface area contributed by atoms with Gasteiger partial charge in [0, 0.05) is 71.3 Å². The molecule has 349 valence electrons. The first-order valence-corrected chi connectivity index (χ1v) is 22.0. The number of ketones is 2. The molecule has 4 aromatic carbocycles. The van der Waals surface area contributed by atoms with Gasteiger partial charge in [-0.15, -0.1) is 0 Å². The van der Waals surface area contributed by atoms with Gasteiger partial charge in [0.2, 0.25) is 25.1 Å². The Balaban J connectivity index is 0.000000376. The lowest BCUT2D eigenvalue weighted by Crippen LogP contribution is -3.00. The molecular weight excluding hydrogens is 1070 g/mol. The van der Waals surface area contributed by atoms with E-state index in [4.69, 9.17) is 33.5 Å². The second kappa shape index (κ2) is 26.6. The molecule has 11 nitrogen and oxygen atoms in total. The van der Waals surface area contributed by atoms with Crippen LogP contribution in [0.5, 0.6) is 34.5 Å². The molecule has 4 heterocycles. The van der Waals surface area contributed by atoms with Gasteiger partial charge < -0.3 is 62.0 Å². The Morgan fingerprint density at radius 3 is 1.66 bits per heavy atom. The first-order valence-electron chi connectivity index (χ1n) is 19.9. The Bertz CT molecular complexity index is 2240. The van der Waals surface area contributed by atoms with Gasteiger partial charge in [0.05, 0.1) is 46.8 Å². The van der Waals surface area contributed by atoms with Crippen LogP contribution in [0.4, 0.5) is 17.6 Å². The molecular formula is C45H54B3F4I2N2O9. The van der Waals surface area contributed by atoms with Crippen molar-refractivity contribution < 1.29 is 89.1 Å². The second-order valence-electron chi connectivity index (χ2n) is 15.0. The van der Waals surface area contributed by atoms with Crippen LogP contribution in [0.3, 0.4) is 0 Å². The summed E-state index contributed by atoms with van der Waals surface area (Å²) < 4.78 is 87.5. The lowest BCUT2D eigenvalue weighted by atomic mass is 9.40. The van der Waals surface area contributed by atoms with Crippen LogP contribution >= 0.6 is 22.6 Å². The predicted octanol–water partition coefficient (Wildman–Crippen LogP) is 4.70. The minimum absolute atomic E-state index is 0. The number of halogens is 6. The smallest absolute Gasteiger partial charge is 0.231 e. The van der Waals surface area contributed by atoms with Crippen LogP contribution in [0.25, 0.3) is 0 Å². The molecule has 0 aromatic heterocycles. The van der Waals surface area contributed by atoms with E-state index in [9.17, 15) is 27.2 Å². The molecule has 4 aliphatic heterocycles. The molecule has 20 heteroatoms. The van der Waals surface area contributed by atoms with Crippen LogP contribution in [0.1, 0.15) is 82.2 Å². The first kappa shape index (κ1) is 57.4. The maximum absolute atomic E-state index is 13.6. The summed E-state index contributed by atoms with van der Waals surface area (Å²) in [4.78, 5) is 29.7. The highest BCUT2D eigenvalue weighted by atomic mass is 127. The molecule has 0 spiro atoms. The highest BCUT2D eigenvalue weighted by Crippen LogP contribution is 2.52. The molecule has 0 amide bonds. The van der Waals surface area contributed by atoms with Crippen molar-refractivity contribution in [1.82, 2.24) is 4.90 Å². The lowest BCUT2D eigenvalue weighted by molar-refractivity contribution is -0.922. The van der Waals surface area contributed by atoms with Crippen molar-refractivity contribution in [3.8, 4) is 34.5 Å². The van der Waals surface area contributed by atoms with Gasteiger partial charge in [0.15, 0.2) is 57.8 Å². The number of aliphatic hydroxyl groups is 1. The van der Waals surface area contributed by atoms with Crippen molar-refractivity contribution in [1.29, 1.82) is 0 Å². The van der Waals surface area contributed by atoms with Gasteiger partial charge in [-0.3, -0.25) is 14.5 Å². The third kappa shape index (κ3) is 13.5. The number of aliphatic hydroxyl groups excluding tert-OH is 1. The van der Waals surface area contributed by atoms with E-state index in [-0.39, 0.29) is 99.2 Å². The highest BCUT2D eigenvalue weighted by Gasteiger charge is 2.42. The number of alkyl halides is 1. The number of likely N-dealkylation sites (N-methyl/N-ethyl adjacent to an activating group) is 2. The number of carbonyl (C=O) groups is 2. The monoisotopic (exact) mass is 1130 g/mol. The first-order chi connectivity index (χ1) is 30.1. The van der Waals surface area contributed by atoms with Gasteiger partial charge in [-0.2, -0.15) is 0 Å². The SMILES string of the molecule is C.CCO.CI.COc1c2c(cc3c1C(CC(=O)c1ccc(F)c(F)c1)N(C)CC3)OCO2.COc1c2c(cc3c1C(CC(=O)c1ccc(F)c(F)c1)[N+](C)(C)CC3)OCO2.[B][B][B].[I-]. The summed E-state index contributed by atoms with van der Waals surface area (Å²) in [5.74, 6) is -0.982. The quantitative estimate of drug-likeness (QED) is 0.0667. The van der Waals surface area contributed by atoms with Crippen LogP contribution in [0.2, 0.25) is 0 Å². The number of carbonyl (C=O) groups excluding carboxylic acids is 2. The molecule has 2 unspecified atom stereocenters. The Morgan fingerprint density at radius 1 is 0.785 bits per heavy atom. The molecule has 1 N–H and O–H groups in total. The summed E-state index contributed by atoms with van der Waals surface area (Å²) in [7, 11) is 19.2. The van der Waals surface area contributed by atoms with Gasteiger partial charge >= 0.3 is 0 Å². The maximum Gasteiger partial charge on any atom is 0.231 e. The second-order valence-corrected chi connectivity index (χ2v) is 15.0. The highest BCUT2D eigenvalue weighted by molar-refractivity contribution is 14.1. The van der Waals surface area contributed by atoms with Gasteiger partial charge in [0.25, 0.3) is 0 Å². The Morgan fingerprint density at radius 2 is 1.22 bits per heavy atom. The van der Waals surface area contributed by atoms with Crippen molar-refractivity contribution in [2.75, 3.05) is 73.6 Å². The number of nitrogens with zero attached hydrogens (tertiary/aromatic N) is 2. The summed E-state index contributed by atoms with van der Waals surface area (Å²) in [5, 5.41) is 7.57. The zero-order valence-electron chi connectivity index (χ0n) is 36.7. The van der Waals surface area contributed by atoms with Crippen LogP contribution in [-0.4, -0.2) is 122 Å². The van der Waals surface area contributed by atoms with Crippen LogP contribution in [0.15, 0.2) is 48.5 Å². The van der Waals surface area contributed by atoms with Crippen molar-refractivity contribution in [3.63, 3.8) is 0 Å². The number of ether oxygens (including phenoxy) is 6. The minimum Gasteiger partial charge on any atom is -1.00 e. The molecule has 65 heavy (non-hydrogen) atoms. The topological polar surface area (TPSA) is 113 Å². The average Bonchev–Trinajstić information content (AvgIpc) is 3.95. The summed E-state index contributed by atoms with van der Waals surface area (Å²) >= 11 is 2.15. The van der Waals surface area contributed by atoms with E-state index in [1.807, 2.05) is 24.1 Å². The minimum atomic E-state index is -1.03. The fraction of sp³-hybridized carbons (Fsp3) is 0.422. The fourth-order valence-electron chi connectivity index (χ4n) is 7.82. The summed E-state index contributed by atoms with van der Waals surface area (Å²) in [5.41, 5.74) is 4.20. The third-order valence-electron chi connectivity index (χ3n) is 10.9. The van der Waals surface area contributed by atoms with E-state index in [0.717, 1.165) is 79.5 Å². The molecule has 5 radical (unpaired) electrons. The molecule has 0 bridgehead atoms. The van der Waals surface area contributed by atoms with E-state index in [0.29, 0.717) is 39.0 Å². The van der Waals surface area contributed by atoms with Crippen molar-refractivity contribution >= 4 is 56.7 Å². The number of rotatable bonds is 8. The Hall–Kier alpha value is -3.73. The molecule has 8 rings (SSSR count). The fourth-order valence-corrected chi connectivity index (χ4v) is 7.82. The Kier molecular flexibility index (Phi) is 23.5. The number of hydrogen-bond donors (Lipinski definition) is 1. The summed E-state index contributed by atoms with van der Waals surface area (Å²) in [6, 6.07) is 9.89. The van der Waals surface area contributed by atoms with E-state index < -0.39 is 23.3 Å². The molecule has 0 fully saturated rings. The van der Waals surface area contributed by atoms with Crippen molar-refractivity contribution in [2.24, 2.45) is 0 Å². The lowest BCUT2D eigenvalue weighted by Gasteiger charge is -2.43. The van der Waals surface area contributed by atoms with Gasteiger partial charge in [0.1, 0.15) is 6.04 Å². The number of Topliss-reactive ketones (excluding diaryl/α,β-unsaturated/α-hetero) is 2. The summed E-state index contributed by atoms with van der Waals surface area (Å²) in [6.45, 7) is 3.77. The van der Waals surface area contributed by atoms with Gasteiger partial charge in [-0.05, 0) is 85.0 Å². The number of methoxy groups -OCH3 is 2. The standard InChI is InChI=1S/C21H22F2NO4.C20H19F2NO4.C2H6O.CH3I.CH4.B3.HI/c1-24(2)7-6-13-9-18-20(28-11-27-18)21(26-3)19(13)16(24)10-17(25)12-4-5-14(22)15(23)8-12;1-23-6-5-12-8-17-19(27-10-26-17)20(25-2)18(12)15(23)9-16(24)11-3-4-13(21)14(22)7-11;1-2-3;1-2;;1-3-2;/h4-5,8-9,16H,6-7,10-11H2,1-3H3;3-4,7-8,15H,5-6,9-10H2,1-2H3;3H,2H2,1H3;1H3;1H4;;1H/q+1;;;;;;/p-1. The van der Waals surface area contributed by atoms with E-state index in [1.165, 1.54) is 12.1 Å². The van der Waals surface area contributed by atoms with Crippen molar-refractivity contribution in [2.45, 2.75) is 52.1 Å². The zero-order chi connectivity index (χ0) is 46.6. The Labute approximate surface area is 413 Å². The molecule has 0 saturated heterocycles. The van der Waals surface area contributed by atoms with Crippen molar-refractivity contribution in [3.05, 3.63) is 105 Å². The van der Waals surface area contributed by atoms with Crippen LogP contribution in [-0.2, 0) is 12.8 Å². The van der Waals surface area contributed by atoms with E-state index in [2.05, 4.69) is 57.1 Å². The zero-order valence-corrected chi connectivity index (χ0v) is 41.1. The molecule has 2 atom stereocenters. The summed E-state index contributed by atoms with van der Waals surface area (Å²) in [6.07, 6.45) is 1.85. The molecule has 4 aliphatic rings. The number of benzene rings is 4. The third-order valence-corrected chi connectivity index (χ3v) is 10.9. The molecule has 0 saturated carbocycles. The maximum atomic E-state index is 13.6. The predicted molar refractivity (Wildman–Crippen MR) is 248 cm³/mol. The van der Waals surface area contributed by atoms with E-state index >= 15 is 0 Å². The molecule has 4 aromatic rings. The van der Waals surface area contributed by atoms with Gasteiger partial charge in [-0.1, -0.05) is 30.0 Å². The largest absolute Gasteiger partial charge is 1.00 e. The average molecular weight is 1130 g/mol. The number of fused-ring (bicyclic) bond motifs is 4. The van der Waals surface area contributed by atoms with Gasteiger partial charge in [-0.25, -0.2) is 17.6 Å². The normalized spacial score (nSPS) is 16.4. The number of quaternary nitrogens is 1.